The Morgan fingerprint density at radius 2 is 1.89 bits per heavy atom. The standard InChI is InChI=1S/C23H21Cl2N5O5S/c1-14(15-3-5-16(6-4-15)23(32)35-2)29-13-17(27-28-29)11-21-22(31)26-9-10-30(21)36(33,34)18-7-8-19(24)20(25)12-18/h3-10,12-14,21H,11H2,1-2H3,(H,26,31). The number of hydrogen-bond acceptors (Lipinski definition) is 7. The first kappa shape index (κ1) is 25.7. The summed E-state index contributed by atoms with van der Waals surface area (Å²) in [4.78, 5) is 24.2. The molecule has 1 amide bonds. The topological polar surface area (TPSA) is 123 Å². The zero-order valence-corrected chi connectivity index (χ0v) is 21.5. The molecular weight excluding hydrogens is 529 g/mol. The van der Waals surface area contributed by atoms with E-state index >= 15 is 0 Å². The van der Waals surface area contributed by atoms with Crippen molar-refractivity contribution in [3.8, 4) is 0 Å². The van der Waals surface area contributed by atoms with Gasteiger partial charge < -0.3 is 10.1 Å². The molecule has 0 saturated carbocycles. The number of nitrogens with zero attached hydrogens (tertiary/aromatic N) is 4. The number of carbonyl (C=O) groups excluding carboxylic acids is 2. The number of esters is 1. The third-order valence-corrected chi connectivity index (χ3v) is 8.21. The molecule has 0 spiro atoms. The Morgan fingerprint density at radius 3 is 2.56 bits per heavy atom. The van der Waals surface area contributed by atoms with Crippen molar-refractivity contribution in [3.05, 3.63) is 87.9 Å². The molecule has 3 aromatic rings. The van der Waals surface area contributed by atoms with E-state index in [1.807, 2.05) is 6.92 Å². The first-order valence-corrected chi connectivity index (χ1v) is 12.9. The van der Waals surface area contributed by atoms with Crippen molar-refractivity contribution in [2.24, 2.45) is 0 Å². The number of hydrogen-bond donors (Lipinski definition) is 1. The van der Waals surface area contributed by atoms with Crippen LogP contribution in [-0.2, 0) is 26.0 Å². The maximum Gasteiger partial charge on any atom is 0.337 e. The normalized spacial score (nSPS) is 16.5. The molecule has 13 heteroatoms. The lowest BCUT2D eigenvalue weighted by atomic mass is 10.1. The zero-order chi connectivity index (χ0) is 26.0. The van der Waals surface area contributed by atoms with Crippen LogP contribution in [0.3, 0.4) is 0 Å². The minimum atomic E-state index is -4.12. The lowest BCUT2D eigenvalue weighted by molar-refractivity contribution is -0.124. The molecule has 4 rings (SSSR count). The van der Waals surface area contributed by atoms with E-state index in [0.717, 1.165) is 9.87 Å². The van der Waals surface area contributed by atoms with Crippen LogP contribution in [0.4, 0.5) is 0 Å². The highest BCUT2D eigenvalue weighted by Gasteiger charge is 2.36. The average molecular weight is 550 g/mol. The van der Waals surface area contributed by atoms with E-state index < -0.39 is 27.9 Å². The van der Waals surface area contributed by atoms with Crippen LogP contribution < -0.4 is 5.32 Å². The van der Waals surface area contributed by atoms with Gasteiger partial charge in [0.05, 0.1) is 39.3 Å². The van der Waals surface area contributed by atoms with Gasteiger partial charge in [0.1, 0.15) is 6.04 Å². The van der Waals surface area contributed by atoms with E-state index in [9.17, 15) is 18.0 Å². The number of halogens is 2. The molecule has 2 atom stereocenters. The number of benzene rings is 2. The van der Waals surface area contributed by atoms with Crippen molar-refractivity contribution in [1.29, 1.82) is 0 Å². The second-order valence-corrected chi connectivity index (χ2v) is 10.6. The van der Waals surface area contributed by atoms with Crippen molar-refractivity contribution in [3.63, 3.8) is 0 Å². The van der Waals surface area contributed by atoms with Gasteiger partial charge in [-0.1, -0.05) is 40.5 Å². The number of amides is 1. The quantitative estimate of drug-likeness (QED) is 0.449. The lowest BCUT2D eigenvalue weighted by Crippen LogP contribution is -2.50. The van der Waals surface area contributed by atoms with Crippen molar-refractivity contribution in [2.45, 2.75) is 30.3 Å². The van der Waals surface area contributed by atoms with Gasteiger partial charge in [0, 0.05) is 25.0 Å². The molecule has 0 fully saturated rings. The highest BCUT2D eigenvalue weighted by molar-refractivity contribution is 7.89. The predicted molar refractivity (Wildman–Crippen MR) is 132 cm³/mol. The third-order valence-electron chi connectivity index (χ3n) is 5.69. The number of methoxy groups -OCH3 is 1. The van der Waals surface area contributed by atoms with Gasteiger partial charge in [-0.2, -0.15) is 0 Å². The molecule has 1 aliphatic rings. The fourth-order valence-corrected chi connectivity index (χ4v) is 5.50. The van der Waals surface area contributed by atoms with E-state index in [2.05, 4.69) is 15.6 Å². The van der Waals surface area contributed by atoms with Gasteiger partial charge in [-0.15, -0.1) is 5.10 Å². The van der Waals surface area contributed by atoms with E-state index in [4.69, 9.17) is 27.9 Å². The smallest absolute Gasteiger partial charge is 0.337 e. The number of aromatic nitrogens is 3. The molecule has 1 N–H and O–H groups in total. The number of sulfonamides is 1. The highest BCUT2D eigenvalue weighted by Crippen LogP contribution is 2.29. The maximum absolute atomic E-state index is 13.3. The SMILES string of the molecule is COC(=O)c1ccc(C(C)n2cc(CC3C(=O)NC=CN3S(=O)(=O)c3ccc(Cl)c(Cl)c3)nn2)cc1. The minimum absolute atomic E-state index is 0.0231. The van der Waals surface area contributed by atoms with Gasteiger partial charge in [0.25, 0.3) is 10.0 Å². The van der Waals surface area contributed by atoms with Gasteiger partial charge in [0.2, 0.25) is 5.91 Å². The summed E-state index contributed by atoms with van der Waals surface area (Å²) in [6.07, 6.45) is 4.16. The second-order valence-electron chi connectivity index (χ2n) is 7.93. The van der Waals surface area contributed by atoms with Crippen LogP contribution in [-0.4, -0.2) is 52.7 Å². The zero-order valence-electron chi connectivity index (χ0n) is 19.1. The first-order chi connectivity index (χ1) is 17.1. The molecule has 0 aliphatic carbocycles. The van der Waals surface area contributed by atoms with E-state index in [1.54, 1.807) is 35.1 Å². The largest absolute Gasteiger partial charge is 0.465 e. The average Bonchev–Trinajstić information content (AvgIpc) is 3.34. The predicted octanol–water partition coefficient (Wildman–Crippen LogP) is 3.18. The molecule has 188 valence electrons. The molecule has 2 heterocycles. The monoisotopic (exact) mass is 549 g/mol. The molecule has 0 bridgehead atoms. The number of ether oxygens (including phenoxy) is 1. The molecule has 2 unspecified atom stereocenters. The summed E-state index contributed by atoms with van der Waals surface area (Å²) >= 11 is 11.9. The van der Waals surface area contributed by atoms with Crippen LogP contribution in [0.2, 0.25) is 10.0 Å². The molecule has 2 aromatic carbocycles. The fourth-order valence-electron chi connectivity index (χ4n) is 3.66. The summed E-state index contributed by atoms with van der Waals surface area (Å²) in [7, 11) is -2.80. The van der Waals surface area contributed by atoms with Crippen LogP contribution in [0.25, 0.3) is 0 Å². The van der Waals surface area contributed by atoms with Crippen LogP contribution in [0.15, 0.2) is 66.0 Å². The van der Waals surface area contributed by atoms with Crippen LogP contribution >= 0.6 is 23.2 Å². The number of rotatable bonds is 7. The summed E-state index contributed by atoms with van der Waals surface area (Å²) in [6.45, 7) is 1.89. The minimum Gasteiger partial charge on any atom is -0.465 e. The summed E-state index contributed by atoms with van der Waals surface area (Å²) in [6, 6.07) is 9.46. The second kappa shape index (κ2) is 10.3. The molecule has 1 aromatic heterocycles. The van der Waals surface area contributed by atoms with E-state index in [1.165, 1.54) is 37.7 Å². The van der Waals surface area contributed by atoms with Gasteiger partial charge in [-0.05, 0) is 42.8 Å². The molecule has 1 aliphatic heterocycles. The van der Waals surface area contributed by atoms with Gasteiger partial charge in [-0.25, -0.2) is 17.9 Å². The summed E-state index contributed by atoms with van der Waals surface area (Å²) in [5, 5.41) is 11.1. The molecule has 36 heavy (non-hydrogen) atoms. The lowest BCUT2D eigenvalue weighted by Gasteiger charge is -2.31. The number of nitrogens with one attached hydrogen (secondary N) is 1. The van der Waals surface area contributed by atoms with Crippen molar-refractivity contribution < 1.29 is 22.7 Å². The van der Waals surface area contributed by atoms with E-state index in [0.29, 0.717) is 11.3 Å². The Labute approximate surface area is 217 Å². The first-order valence-electron chi connectivity index (χ1n) is 10.7. The van der Waals surface area contributed by atoms with Crippen molar-refractivity contribution >= 4 is 45.1 Å². The van der Waals surface area contributed by atoms with E-state index in [-0.39, 0.29) is 27.4 Å². The maximum atomic E-state index is 13.3. The van der Waals surface area contributed by atoms with Gasteiger partial charge in [0.15, 0.2) is 0 Å². The fraction of sp³-hybridized carbons (Fsp3) is 0.217. The van der Waals surface area contributed by atoms with Crippen molar-refractivity contribution in [1.82, 2.24) is 24.6 Å². The van der Waals surface area contributed by atoms with Gasteiger partial charge in [-0.3, -0.25) is 9.10 Å². The molecule has 10 nitrogen and oxygen atoms in total. The molecule has 0 saturated heterocycles. The number of carbonyl (C=O) groups is 2. The Morgan fingerprint density at radius 1 is 1.17 bits per heavy atom. The Balaban J connectivity index is 1.56. The summed E-state index contributed by atoms with van der Waals surface area (Å²) in [5.41, 5.74) is 1.70. The summed E-state index contributed by atoms with van der Waals surface area (Å²) in [5.74, 6) is -0.945. The molecule has 0 radical (unpaired) electrons. The summed E-state index contributed by atoms with van der Waals surface area (Å²) < 4.78 is 33.9. The van der Waals surface area contributed by atoms with Crippen LogP contribution in [0, 0.1) is 0 Å². The Bertz CT molecular complexity index is 1440. The Kier molecular flexibility index (Phi) is 7.34. The van der Waals surface area contributed by atoms with Crippen LogP contribution in [0.5, 0.6) is 0 Å². The van der Waals surface area contributed by atoms with Crippen LogP contribution in [0.1, 0.15) is 34.6 Å². The molecular formula is C23H21Cl2N5O5S. The third kappa shape index (κ3) is 5.08. The van der Waals surface area contributed by atoms with Gasteiger partial charge >= 0.3 is 5.97 Å². The highest BCUT2D eigenvalue weighted by atomic mass is 35.5. The van der Waals surface area contributed by atoms with Crippen molar-refractivity contribution in [2.75, 3.05) is 7.11 Å². The Hall–Kier alpha value is -3.41.